The first-order valence-electron chi connectivity index (χ1n) is 8.49. The number of rotatable bonds is 4. The summed E-state index contributed by atoms with van der Waals surface area (Å²) >= 11 is 3.63. The average molecular weight is 351 g/mol. The van der Waals surface area contributed by atoms with Crippen molar-refractivity contribution < 1.29 is 0 Å². The van der Waals surface area contributed by atoms with Gasteiger partial charge < -0.3 is 10.6 Å². The molecule has 0 radical (unpaired) electrons. The first-order chi connectivity index (χ1) is 10.2. The van der Waals surface area contributed by atoms with Crippen molar-refractivity contribution in [3.63, 3.8) is 0 Å². The fourth-order valence-corrected chi connectivity index (χ4v) is 4.54. The van der Waals surface area contributed by atoms with Crippen molar-refractivity contribution in [2.75, 3.05) is 11.4 Å². The maximum atomic E-state index is 6.22. The van der Waals surface area contributed by atoms with E-state index >= 15 is 0 Å². The zero-order valence-electron chi connectivity index (χ0n) is 13.0. The molecule has 1 saturated carbocycles. The molecule has 3 unspecified atom stereocenters. The molecule has 1 aromatic carbocycles. The van der Waals surface area contributed by atoms with Crippen LogP contribution in [0.15, 0.2) is 22.7 Å². The molecule has 0 aromatic heterocycles. The Bertz CT molecular complexity index is 488. The van der Waals surface area contributed by atoms with Gasteiger partial charge in [0.25, 0.3) is 0 Å². The predicted octanol–water partition coefficient (Wildman–Crippen LogP) is 4.50. The average Bonchev–Trinajstić information content (AvgIpc) is 2.91. The molecule has 1 aliphatic carbocycles. The Morgan fingerprint density at radius 1 is 1.29 bits per heavy atom. The van der Waals surface area contributed by atoms with E-state index in [0.29, 0.717) is 0 Å². The summed E-state index contributed by atoms with van der Waals surface area (Å²) in [6.07, 6.45) is 9.04. The fourth-order valence-electron chi connectivity index (χ4n) is 4.13. The Morgan fingerprint density at radius 2 is 2.10 bits per heavy atom. The van der Waals surface area contributed by atoms with Crippen molar-refractivity contribution in [3.8, 4) is 0 Å². The molecule has 3 heteroatoms. The largest absolute Gasteiger partial charge is 0.368 e. The molecule has 1 saturated heterocycles. The van der Waals surface area contributed by atoms with Crippen LogP contribution < -0.4 is 10.6 Å². The zero-order valence-corrected chi connectivity index (χ0v) is 14.6. The van der Waals surface area contributed by atoms with Gasteiger partial charge in [0.05, 0.1) is 0 Å². The second-order valence-electron chi connectivity index (χ2n) is 6.74. The van der Waals surface area contributed by atoms with E-state index in [1.54, 1.807) is 0 Å². The van der Waals surface area contributed by atoms with Gasteiger partial charge in [-0.05, 0) is 61.8 Å². The van der Waals surface area contributed by atoms with Gasteiger partial charge in [-0.3, -0.25) is 0 Å². The van der Waals surface area contributed by atoms with E-state index in [4.69, 9.17) is 5.73 Å². The summed E-state index contributed by atoms with van der Waals surface area (Å²) in [7, 11) is 0. The number of fused-ring (bicyclic) bond motifs is 1. The van der Waals surface area contributed by atoms with E-state index < -0.39 is 0 Å². The van der Waals surface area contributed by atoms with Crippen LogP contribution in [-0.4, -0.2) is 18.6 Å². The molecule has 0 spiro atoms. The minimum Gasteiger partial charge on any atom is -0.368 e. The topological polar surface area (TPSA) is 29.3 Å². The second-order valence-corrected chi connectivity index (χ2v) is 7.66. The summed E-state index contributed by atoms with van der Waals surface area (Å²) in [6, 6.07) is 7.81. The normalized spacial score (nSPS) is 26.7. The van der Waals surface area contributed by atoms with Crippen molar-refractivity contribution >= 4 is 21.6 Å². The molecule has 2 nitrogen and oxygen atoms in total. The van der Waals surface area contributed by atoms with Crippen LogP contribution in [0.2, 0.25) is 0 Å². The first-order valence-corrected chi connectivity index (χ1v) is 9.29. The minimum absolute atomic E-state index is 0.266. The van der Waals surface area contributed by atoms with Gasteiger partial charge in [-0.15, -0.1) is 0 Å². The van der Waals surface area contributed by atoms with E-state index in [-0.39, 0.29) is 6.04 Å². The van der Waals surface area contributed by atoms with Gasteiger partial charge in [-0.2, -0.15) is 0 Å². The van der Waals surface area contributed by atoms with Gasteiger partial charge in [0.1, 0.15) is 0 Å². The van der Waals surface area contributed by atoms with E-state index in [0.717, 1.165) is 24.8 Å². The van der Waals surface area contributed by atoms with Gasteiger partial charge >= 0.3 is 0 Å². The first kappa shape index (κ1) is 15.4. The van der Waals surface area contributed by atoms with E-state index in [1.165, 1.54) is 54.4 Å². The maximum Gasteiger partial charge on any atom is 0.0402 e. The fraction of sp³-hybridized carbons (Fsp3) is 0.667. The number of benzene rings is 1. The van der Waals surface area contributed by atoms with Crippen molar-refractivity contribution in [2.45, 2.75) is 64.0 Å². The number of hydrogen-bond acceptors (Lipinski definition) is 2. The number of anilines is 1. The third kappa shape index (κ3) is 3.29. The standard InChI is InChI=1S/C18H27BrN2/c1-2-16(20)12-14-11-15(19)7-8-18(14)21-10-9-13-5-3-4-6-17(13)21/h7-8,11,13,16-17H,2-6,9-10,12,20H2,1H3. The van der Waals surface area contributed by atoms with Crippen molar-refractivity contribution in [3.05, 3.63) is 28.2 Å². The lowest BCUT2D eigenvalue weighted by Crippen LogP contribution is -2.35. The number of nitrogens with two attached hydrogens (primary N) is 1. The van der Waals surface area contributed by atoms with Crippen molar-refractivity contribution in [2.24, 2.45) is 11.7 Å². The highest BCUT2D eigenvalue weighted by Gasteiger charge is 2.36. The molecule has 2 fully saturated rings. The third-order valence-electron chi connectivity index (χ3n) is 5.37. The summed E-state index contributed by atoms with van der Waals surface area (Å²) in [5.41, 5.74) is 9.08. The summed E-state index contributed by atoms with van der Waals surface area (Å²) < 4.78 is 1.17. The van der Waals surface area contributed by atoms with Crippen LogP contribution in [0.3, 0.4) is 0 Å². The zero-order chi connectivity index (χ0) is 14.8. The van der Waals surface area contributed by atoms with Crippen LogP contribution in [-0.2, 0) is 6.42 Å². The van der Waals surface area contributed by atoms with E-state index in [1.807, 2.05) is 0 Å². The summed E-state index contributed by atoms with van der Waals surface area (Å²) in [5, 5.41) is 0. The second kappa shape index (κ2) is 6.70. The van der Waals surface area contributed by atoms with E-state index in [2.05, 4.69) is 46.0 Å². The Balaban J connectivity index is 1.87. The van der Waals surface area contributed by atoms with Gasteiger partial charge in [0, 0.05) is 28.8 Å². The van der Waals surface area contributed by atoms with Gasteiger partial charge in [0.2, 0.25) is 0 Å². The molecule has 116 valence electrons. The lowest BCUT2D eigenvalue weighted by Gasteiger charge is -2.34. The van der Waals surface area contributed by atoms with Gasteiger partial charge in [-0.25, -0.2) is 0 Å². The summed E-state index contributed by atoms with van der Waals surface area (Å²) in [4.78, 5) is 2.69. The highest BCUT2D eigenvalue weighted by molar-refractivity contribution is 9.10. The lowest BCUT2D eigenvalue weighted by atomic mass is 9.85. The van der Waals surface area contributed by atoms with Crippen LogP contribution >= 0.6 is 15.9 Å². The van der Waals surface area contributed by atoms with Gasteiger partial charge in [-0.1, -0.05) is 35.7 Å². The smallest absolute Gasteiger partial charge is 0.0402 e. The molecule has 1 heterocycles. The quantitative estimate of drug-likeness (QED) is 0.866. The Morgan fingerprint density at radius 3 is 2.90 bits per heavy atom. The van der Waals surface area contributed by atoms with Crippen LogP contribution in [0.5, 0.6) is 0 Å². The van der Waals surface area contributed by atoms with Crippen LogP contribution in [0.4, 0.5) is 5.69 Å². The van der Waals surface area contributed by atoms with Crippen LogP contribution in [0.25, 0.3) is 0 Å². The molecule has 3 atom stereocenters. The van der Waals surface area contributed by atoms with Crippen LogP contribution in [0, 0.1) is 5.92 Å². The number of halogens is 1. The number of hydrogen-bond donors (Lipinski definition) is 1. The molecule has 0 amide bonds. The van der Waals surface area contributed by atoms with Gasteiger partial charge in [0.15, 0.2) is 0 Å². The highest BCUT2D eigenvalue weighted by Crippen LogP contribution is 2.40. The Kier molecular flexibility index (Phi) is 4.90. The molecule has 2 N–H and O–H groups in total. The van der Waals surface area contributed by atoms with Crippen LogP contribution in [0.1, 0.15) is 51.0 Å². The van der Waals surface area contributed by atoms with E-state index in [9.17, 15) is 0 Å². The number of nitrogens with zero attached hydrogens (tertiary/aromatic N) is 1. The van der Waals surface area contributed by atoms with Crippen molar-refractivity contribution in [1.29, 1.82) is 0 Å². The maximum absolute atomic E-state index is 6.22. The Labute approximate surface area is 137 Å². The predicted molar refractivity (Wildman–Crippen MR) is 93.8 cm³/mol. The summed E-state index contributed by atoms with van der Waals surface area (Å²) in [6.45, 7) is 3.40. The SMILES string of the molecule is CCC(N)Cc1cc(Br)ccc1N1CCC2CCCCC21. The highest BCUT2D eigenvalue weighted by atomic mass is 79.9. The molecular weight excluding hydrogens is 324 g/mol. The monoisotopic (exact) mass is 350 g/mol. The molecular formula is C18H27BrN2. The van der Waals surface area contributed by atoms with Crippen molar-refractivity contribution in [1.82, 2.24) is 0 Å². The molecule has 0 bridgehead atoms. The Hall–Kier alpha value is -0.540. The molecule has 1 aromatic rings. The molecule has 2 aliphatic rings. The lowest BCUT2D eigenvalue weighted by molar-refractivity contribution is 0.342. The molecule has 3 rings (SSSR count). The summed E-state index contributed by atoms with van der Waals surface area (Å²) in [5.74, 6) is 0.926. The minimum atomic E-state index is 0.266. The molecule has 1 aliphatic heterocycles. The molecule has 21 heavy (non-hydrogen) atoms. The third-order valence-corrected chi connectivity index (χ3v) is 5.86.